The van der Waals surface area contributed by atoms with Crippen LogP contribution in [-0.2, 0) is 11.2 Å². The molecule has 0 aliphatic carbocycles. The molecule has 2 nitrogen and oxygen atoms in total. The molecule has 1 aromatic carbocycles. The van der Waals surface area contributed by atoms with Crippen LogP contribution in [0.15, 0.2) is 18.2 Å². The van der Waals surface area contributed by atoms with E-state index in [1.165, 1.54) is 18.2 Å². The second-order valence-corrected chi connectivity index (χ2v) is 3.09. The maximum atomic E-state index is 13.3. The molecule has 0 atom stereocenters. The van der Waals surface area contributed by atoms with E-state index in [9.17, 15) is 9.18 Å². The third-order valence-corrected chi connectivity index (χ3v) is 1.81. The third kappa shape index (κ3) is 3.61. The number of benzene rings is 1. The lowest BCUT2D eigenvalue weighted by molar-refractivity contribution is -0.136. The van der Waals surface area contributed by atoms with Gasteiger partial charge in [-0.15, -0.1) is 11.6 Å². The molecule has 0 bridgehead atoms. The molecule has 0 radical (unpaired) electrons. The Morgan fingerprint density at radius 1 is 1.53 bits per heavy atom. The van der Waals surface area contributed by atoms with Gasteiger partial charge < -0.3 is 5.11 Å². The van der Waals surface area contributed by atoms with E-state index in [0.717, 1.165) is 0 Å². The van der Waals surface area contributed by atoms with Gasteiger partial charge in [0.15, 0.2) is 0 Å². The summed E-state index contributed by atoms with van der Waals surface area (Å²) < 4.78 is 13.3. The Morgan fingerprint density at radius 3 is 2.80 bits per heavy atom. The molecule has 0 saturated heterocycles. The van der Waals surface area contributed by atoms with E-state index in [2.05, 4.69) is 11.8 Å². The highest BCUT2D eigenvalue weighted by molar-refractivity contribution is 6.19. The summed E-state index contributed by atoms with van der Waals surface area (Å²) in [4.78, 5) is 10.4. The quantitative estimate of drug-likeness (QED) is 0.619. The molecule has 0 aliphatic heterocycles. The van der Waals surface area contributed by atoms with Gasteiger partial charge in [0, 0.05) is 0 Å². The second kappa shape index (κ2) is 5.38. The second-order valence-electron chi connectivity index (χ2n) is 2.82. The van der Waals surface area contributed by atoms with Crippen molar-refractivity contribution in [3.8, 4) is 11.8 Å². The number of carbonyl (C=O) groups is 1. The molecule has 1 rings (SSSR count). The average molecular weight is 227 g/mol. The van der Waals surface area contributed by atoms with Crippen molar-refractivity contribution < 1.29 is 14.3 Å². The van der Waals surface area contributed by atoms with Crippen molar-refractivity contribution in [2.24, 2.45) is 0 Å². The molecule has 1 N–H and O–H groups in total. The molecule has 4 heteroatoms. The number of alkyl halides is 1. The van der Waals surface area contributed by atoms with Crippen molar-refractivity contribution in [1.82, 2.24) is 0 Å². The van der Waals surface area contributed by atoms with Crippen LogP contribution in [0.3, 0.4) is 0 Å². The number of aliphatic carboxylic acids is 1. The molecular weight excluding hydrogens is 219 g/mol. The maximum Gasteiger partial charge on any atom is 0.307 e. The van der Waals surface area contributed by atoms with Crippen molar-refractivity contribution in [3.05, 3.63) is 35.1 Å². The van der Waals surface area contributed by atoms with Gasteiger partial charge in [0.05, 0.1) is 17.9 Å². The number of carboxylic acids is 1. The molecule has 15 heavy (non-hydrogen) atoms. The smallest absolute Gasteiger partial charge is 0.307 e. The van der Waals surface area contributed by atoms with Crippen molar-refractivity contribution in [1.29, 1.82) is 0 Å². The Labute approximate surface area is 91.7 Å². The third-order valence-electron chi connectivity index (χ3n) is 1.68. The Hall–Kier alpha value is -1.53. The van der Waals surface area contributed by atoms with Gasteiger partial charge in [-0.3, -0.25) is 4.79 Å². The van der Waals surface area contributed by atoms with E-state index in [1.807, 2.05) is 0 Å². The topological polar surface area (TPSA) is 37.3 Å². The summed E-state index contributed by atoms with van der Waals surface area (Å²) >= 11 is 5.33. The van der Waals surface area contributed by atoms with Crippen LogP contribution in [0.4, 0.5) is 4.39 Å². The van der Waals surface area contributed by atoms with Gasteiger partial charge in [0.25, 0.3) is 0 Å². The molecule has 0 fully saturated rings. The van der Waals surface area contributed by atoms with E-state index in [-0.39, 0.29) is 17.9 Å². The Kier molecular flexibility index (Phi) is 4.14. The number of hydrogen-bond acceptors (Lipinski definition) is 1. The molecule has 0 unspecified atom stereocenters. The van der Waals surface area contributed by atoms with Gasteiger partial charge in [-0.25, -0.2) is 4.39 Å². The highest BCUT2D eigenvalue weighted by atomic mass is 35.5. The van der Waals surface area contributed by atoms with Crippen LogP contribution in [0.5, 0.6) is 0 Å². The standard InChI is InChI=1S/C11H8ClFO2/c12-5-1-2-9-4-3-8(6-10(9)13)7-11(14)15/h3-4,6H,5,7H2,(H,14,15). The Balaban J connectivity index is 2.92. The van der Waals surface area contributed by atoms with Gasteiger partial charge >= 0.3 is 5.97 Å². The lowest BCUT2D eigenvalue weighted by Gasteiger charge is -1.99. The highest BCUT2D eigenvalue weighted by Crippen LogP contribution is 2.10. The van der Waals surface area contributed by atoms with Crippen molar-refractivity contribution in [2.75, 3.05) is 5.88 Å². The first-order chi connectivity index (χ1) is 7.13. The van der Waals surface area contributed by atoms with Crippen LogP contribution in [0.25, 0.3) is 0 Å². The van der Waals surface area contributed by atoms with Crippen molar-refractivity contribution in [2.45, 2.75) is 6.42 Å². The maximum absolute atomic E-state index is 13.3. The summed E-state index contributed by atoms with van der Waals surface area (Å²) in [6.07, 6.45) is -0.194. The molecule has 78 valence electrons. The van der Waals surface area contributed by atoms with Crippen LogP contribution >= 0.6 is 11.6 Å². The zero-order valence-electron chi connectivity index (χ0n) is 7.76. The van der Waals surface area contributed by atoms with E-state index in [4.69, 9.17) is 16.7 Å². The van der Waals surface area contributed by atoms with Gasteiger partial charge in [-0.2, -0.15) is 0 Å². The first kappa shape index (κ1) is 11.5. The summed E-state index contributed by atoms with van der Waals surface area (Å²) in [6, 6.07) is 4.16. The minimum atomic E-state index is -0.992. The predicted molar refractivity (Wildman–Crippen MR) is 55.3 cm³/mol. The van der Waals surface area contributed by atoms with Crippen LogP contribution in [0, 0.1) is 17.7 Å². The predicted octanol–water partition coefficient (Wildman–Crippen LogP) is 2.04. The molecule has 0 spiro atoms. The van der Waals surface area contributed by atoms with Crippen LogP contribution in [-0.4, -0.2) is 17.0 Å². The number of rotatable bonds is 2. The monoisotopic (exact) mass is 226 g/mol. The summed E-state index contributed by atoms with van der Waals surface area (Å²) in [6.45, 7) is 0. The minimum absolute atomic E-state index is 0.135. The average Bonchev–Trinajstić information content (AvgIpc) is 2.15. The zero-order chi connectivity index (χ0) is 11.3. The molecule has 0 heterocycles. The molecule has 0 aromatic heterocycles. The van der Waals surface area contributed by atoms with Gasteiger partial charge in [0.2, 0.25) is 0 Å². The summed E-state index contributed by atoms with van der Waals surface area (Å²) in [5, 5.41) is 8.50. The molecule has 0 saturated carbocycles. The summed E-state index contributed by atoms with van der Waals surface area (Å²) in [7, 11) is 0. The minimum Gasteiger partial charge on any atom is -0.481 e. The van der Waals surface area contributed by atoms with E-state index in [1.54, 1.807) is 0 Å². The SMILES string of the molecule is O=C(O)Cc1ccc(C#CCCl)c(F)c1. The number of carboxylic acid groups (broad SMARTS) is 1. The summed E-state index contributed by atoms with van der Waals surface area (Å²) in [5.74, 6) is 3.69. The normalized spacial score (nSPS) is 9.20. The molecule has 0 amide bonds. The van der Waals surface area contributed by atoms with E-state index in [0.29, 0.717) is 5.56 Å². The first-order valence-corrected chi connectivity index (χ1v) is 4.72. The number of hydrogen-bond donors (Lipinski definition) is 1. The Bertz CT molecular complexity index is 432. The zero-order valence-corrected chi connectivity index (χ0v) is 8.51. The number of halogens is 2. The lowest BCUT2D eigenvalue weighted by Crippen LogP contribution is -2.00. The van der Waals surface area contributed by atoms with Crippen LogP contribution in [0.1, 0.15) is 11.1 Å². The molecule has 0 aliphatic rings. The van der Waals surface area contributed by atoms with E-state index >= 15 is 0 Å². The lowest BCUT2D eigenvalue weighted by atomic mass is 10.1. The van der Waals surface area contributed by atoms with Crippen molar-refractivity contribution >= 4 is 17.6 Å². The highest BCUT2D eigenvalue weighted by Gasteiger charge is 2.04. The molecular formula is C11H8ClFO2. The first-order valence-electron chi connectivity index (χ1n) is 4.18. The van der Waals surface area contributed by atoms with Gasteiger partial charge in [-0.05, 0) is 17.7 Å². The van der Waals surface area contributed by atoms with Crippen LogP contribution < -0.4 is 0 Å². The fourth-order valence-corrected chi connectivity index (χ4v) is 1.14. The summed E-state index contributed by atoms with van der Waals surface area (Å²) in [5.41, 5.74) is 0.640. The van der Waals surface area contributed by atoms with Crippen molar-refractivity contribution in [3.63, 3.8) is 0 Å². The van der Waals surface area contributed by atoms with Gasteiger partial charge in [0.1, 0.15) is 5.82 Å². The Morgan fingerprint density at radius 2 is 2.27 bits per heavy atom. The molecule has 1 aromatic rings. The van der Waals surface area contributed by atoms with Gasteiger partial charge in [-0.1, -0.05) is 17.9 Å². The largest absolute Gasteiger partial charge is 0.481 e. The van der Waals surface area contributed by atoms with E-state index < -0.39 is 11.8 Å². The fourth-order valence-electron chi connectivity index (χ4n) is 1.07. The van der Waals surface area contributed by atoms with Crippen LogP contribution in [0.2, 0.25) is 0 Å². The fraction of sp³-hybridized carbons (Fsp3) is 0.182.